The molecule has 3 aromatic rings. The van der Waals surface area contributed by atoms with Crippen molar-refractivity contribution in [2.24, 2.45) is 0 Å². The van der Waals surface area contributed by atoms with E-state index in [9.17, 15) is 4.79 Å². The largest absolute Gasteiger partial charge is 0.368 e. The van der Waals surface area contributed by atoms with Gasteiger partial charge in [0.25, 0.3) is 5.91 Å². The van der Waals surface area contributed by atoms with Crippen molar-refractivity contribution >= 4 is 11.9 Å². The Kier molecular flexibility index (Phi) is 3.42. The highest BCUT2D eigenvalue weighted by molar-refractivity contribution is 5.83. The number of pyridine rings is 1. The van der Waals surface area contributed by atoms with Gasteiger partial charge in [0.15, 0.2) is 0 Å². The molecule has 0 aliphatic rings. The molecule has 104 valence electrons. The molecule has 2 aromatic heterocycles. The normalized spacial score (nSPS) is 10.5. The van der Waals surface area contributed by atoms with Gasteiger partial charge in [-0.05, 0) is 17.7 Å². The molecular weight excluding hydrogens is 266 g/mol. The monoisotopic (exact) mass is 279 g/mol. The van der Waals surface area contributed by atoms with Crippen molar-refractivity contribution in [3.8, 4) is 11.5 Å². The molecule has 2 N–H and O–H groups in total. The Morgan fingerprint density at radius 2 is 1.86 bits per heavy atom. The first-order valence-corrected chi connectivity index (χ1v) is 6.45. The smallest absolute Gasteiger partial charge is 0.254 e. The molecule has 0 fully saturated rings. The molecule has 0 unspecified atom stereocenters. The molecule has 2 heterocycles. The van der Waals surface area contributed by atoms with Gasteiger partial charge in [-0.3, -0.25) is 9.78 Å². The third-order valence-corrected chi connectivity index (χ3v) is 2.96. The first-order valence-electron chi connectivity index (χ1n) is 6.45. The molecule has 0 bridgehead atoms. The number of rotatable bonds is 3. The number of nitrogens with two attached hydrogens (primary N) is 1. The van der Waals surface area contributed by atoms with Crippen LogP contribution in [-0.4, -0.2) is 25.7 Å². The second-order valence-electron chi connectivity index (χ2n) is 4.48. The maximum Gasteiger partial charge on any atom is 0.254 e. The van der Waals surface area contributed by atoms with Gasteiger partial charge in [0.05, 0.1) is 6.42 Å². The maximum atomic E-state index is 12.2. The minimum absolute atomic E-state index is 0.0663. The van der Waals surface area contributed by atoms with Gasteiger partial charge < -0.3 is 5.73 Å². The Bertz CT molecular complexity index is 752. The number of carbonyl (C=O) groups excluding carboxylic acids is 1. The van der Waals surface area contributed by atoms with E-state index in [1.807, 2.05) is 36.4 Å². The van der Waals surface area contributed by atoms with Crippen LogP contribution in [0.4, 0.5) is 5.95 Å². The van der Waals surface area contributed by atoms with Crippen LogP contribution in [0.2, 0.25) is 0 Å². The van der Waals surface area contributed by atoms with E-state index < -0.39 is 0 Å². The summed E-state index contributed by atoms with van der Waals surface area (Å²) in [5.41, 5.74) is 7.25. The van der Waals surface area contributed by atoms with Gasteiger partial charge in [0, 0.05) is 6.20 Å². The standard InChI is InChI=1S/C15H13N5O/c16-15-18-14(12-8-4-5-9-17-12)19-20(15)13(21)10-11-6-2-1-3-7-11/h1-9H,10H2,(H2,16,18,19). The summed E-state index contributed by atoms with van der Waals surface area (Å²) in [5, 5.41) is 4.14. The van der Waals surface area contributed by atoms with Gasteiger partial charge in [-0.25, -0.2) is 0 Å². The Hall–Kier alpha value is -3.02. The zero-order chi connectivity index (χ0) is 14.7. The molecule has 6 heteroatoms. The highest BCUT2D eigenvalue weighted by Crippen LogP contribution is 2.14. The molecule has 0 spiro atoms. The van der Waals surface area contributed by atoms with E-state index in [1.165, 1.54) is 0 Å². The second kappa shape index (κ2) is 5.54. The number of carbonyl (C=O) groups is 1. The van der Waals surface area contributed by atoms with Gasteiger partial charge in [-0.15, -0.1) is 5.10 Å². The lowest BCUT2D eigenvalue weighted by Crippen LogP contribution is -2.17. The van der Waals surface area contributed by atoms with Crippen molar-refractivity contribution < 1.29 is 4.79 Å². The van der Waals surface area contributed by atoms with E-state index in [4.69, 9.17) is 5.73 Å². The predicted octanol–water partition coefficient (Wildman–Crippen LogP) is 1.81. The minimum Gasteiger partial charge on any atom is -0.368 e. The molecule has 6 nitrogen and oxygen atoms in total. The van der Waals surface area contributed by atoms with Crippen molar-refractivity contribution in [2.45, 2.75) is 6.42 Å². The average Bonchev–Trinajstić information content (AvgIpc) is 2.91. The second-order valence-corrected chi connectivity index (χ2v) is 4.48. The third-order valence-electron chi connectivity index (χ3n) is 2.96. The van der Waals surface area contributed by atoms with Gasteiger partial charge >= 0.3 is 0 Å². The fourth-order valence-corrected chi connectivity index (χ4v) is 1.96. The van der Waals surface area contributed by atoms with Crippen molar-refractivity contribution in [2.75, 3.05) is 5.73 Å². The third kappa shape index (κ3) is 2.79. The van der Waals surface area contributed by atoms with E-state index in [1.54, 1.807) is 18.3 Å². The first kappa shape index (κ1) is 13.0. The van der Waals surface area contributed by atoms with E-state index in [0.717, 1.165) is 10.2 Å². The van der Waals surface area contributed by atoms with Gasteiger partial charge in [0.2, 0.25) is 11.8 Å². The number of nitrogens with zero attached hydrogens (tertiary/aromatic N) is 4. The summed E-state index contributed by atoms with van der Waals surface area (Å²) in [6, 6.07) is 14.8. The van der Waals surface area contributed by atoms with Crippen LogP contribution in [0.15, 0.2) is 54.7 Å². The van der Waals surface area contributed by atoms with Crippen LogP contribution in [0, 0.1) is 0 Å². The summed E-state index contributed by atoms with van der Waals surface area (Å²) in [4.78, 5) is 20.5. The van der Waals surface area contributed by atoms with Crippen LogP contribution in [0.1, 0.15) is 10.4 Å². The topological polar surface area (TPSA) is 86.7 Å². The highest BCUT2D eigenvalue weighted by atomic mass is 16.2. The summed E-state index contributed by atoms with van der Waals surface area (Å²) in [6.07, 6.45) is 1.86. The lowest BCUT2D eigenvalue weighted by molar-refractivity contribution is 0.0901. The van der Waals surface area contributed by atoms with E-state index >= 15 is 0 Å². The summed E-state index contributed by atoms with van der Waals surface area (Å²) < 4.78 is 1.12. The molecule has 0 saturated heterocycles. The van der Waals surface area contributed by atoms with E-state index in [-0.39, 0.29) is 18.3 Å². The van der Waals surface area contributed by atoms with Crippen molar-refractivity contribution in [3.63, 3.8) is 0 Å². The maximum absolute atomic E-state index is 12.2. The molecule has 0 aliphatic heterocycles. The molecule has 0 aliphatic carbocycles. The molecule has 1 aromatic carbocycles. The first-order chi connectivity index (χ1) is 10.2. The van der Waals surface area contributed by atoms with Crippen LogP contribution in [0.3, 0.4) is 0 Å². The summed E-state index contributed by atoms with van der Waals surface area (Å²) in [5.74, 6) is 0.180. The molecule has 0 radical (unpaired) electrons. The Labute approximate surface area is 121 Å². The predicted molar refractivity (Wildman–Crippen MR) is 78.4 cm³/mol. The average molecular weight is 279 g/mol. The molecule has 3 rings (SSSR count). The minimum atomic E-state index is -0.228. The zero-order valence-electron chi connectivity index (χ0n) is 11.2. The Balaban J connectivity index is 1.86. The number of anilines is 1. The van der Waals surface area contributed by atoms with Crippen LogP contribution < -0.4 is 5.73 Å². The van der Waals surface area contributed by atoms with Crippen LogP contribution in [0.25, 0.3) is 11.5 Å². The van der Waals surface area contributed by atoms with Crippen LogP contribution >= 0.6 is 0 Å². The number of aromatic nitrogens is 4. The van der Waals surface area contributed by atoms with E-state index in [0.29, 0.717) is 11.5 Å². The molecule has 0 atom stereocenters. The van der Waals surface area contributed by atoms with Crippen LogP contribution in [-0.2, 0) is 6.42 Å². The molecular formula is C15H13N5O. The quantitative estimate of drug-likeness (QED) is 0.790. The Morgan fingerprint density at radius 1 is 1.10 bits per heavy atom. The fourth-order valence-electron chi connectivity index (χ4n) is 1.96. The highest BCUT2D eigenvalue weighted by Gasteiger charge is 2.15. The van der Waals surface area contributed by atoms with Crippen molar-refractivity contribution in [3.05, 3.63) is 60.3 Å². The van der Waals surface area contributed by atoms with Gasteiger partial charge in [0.1, 0.15) is 5.69 Å². The lowest BCUT2D eigenvalue weighted by Gasteiger charge is -2.01. The zero-order valence-corrected chi connectivity index (χ0v) is 11.2. The van der Waals surface area contributed by atoms with Gasteiger partial charge in [-0.2, -0.15) is 9.67 Å². The molecule has 21 heavy (non-hydrogen) atoms. The summed E-state index contributed by atoms with van der Waals surface area (Å²) in [7, 11) is 0. The van der Waals surface area contributed by atoms with Crippen molar-refractivity contribution in [1.82, 2.24) is 19.7 Å². The lowest BCUT2D eigenvalue weighted by atomic mass is 10.1. The van der Waals surface area contributed by atoms with Crippen LogP contribution in [0.5, 0.6) is 0 Å². The number of hydrogen-bond acceptors (Lipinski definition) is 5. The molecule has 0 amide bonds. The van der Waals surface area contributed by atoms with Gasteiger partial charge in [-0.1, -0.05) is 36.4 Å². The van der Waals surface area contributed by atoms with E-state index in [2.05, 4.69) is 15.1 Å². The summed E-state index contributed by atoms with van der Waals surface area (Å²) in [6.45, 7) is 0. The number of hydrogen-bond donors (Lipinski definition) is 1. The number of benzene rings is 1. The fraction of sp³-hybridized carbons (Fsp3) is 0.0667. The SMILES string of the molecule is Nc1nc(-c2ccccn2)nn1C(=O)Cc1ccccc1. The van der Waals surface area contributed by atoms with Crippen molar-refractivity contribution in [1.29, 1.82) is 0 Å². The number of nitrogen functional groups attached to an aromatic ring is 1. The molecule has 0 saturated carbocycles. The summed E-state index contributed by atoms with van der Waals surface area (Å²) >= 11 is 0. The Morgan fingerprint density at radius 3 is 2.57 bits per heavy atom.